The molecule has 8 nitrogen and oxygen atoms in total. The number of rotatable bonds is 4. The lowest BCUT2D eigenvalue weighted by molar-refractivity contribution is -0.125. The molecule has 0 spiro atoms. The van der Waals surface area contributed by atoms with Crippen molar-refractivity contribution in [1.29, 1.82) is 0 Å². The predicted molar refractivity (Wildman–Crippen MR) is 119 cm³/mol. The fourth-order valence-corrected chi connectivity index (χ4v) is 5.30. The van der Waals surface area contributed by atoms with Gasteiger partial charge in [0.15, 0.2) is 5.54 Å². The molecule has 3 aromatic rings. The van der Waals surface area contributed by atoms with Crippen molar-refractivity contribution in [2.75, 3.05) is 13.7 Å². The Balaban J connectivity index is 1.40. The van der Waals surface area contributed by atoms with Crippen LogP contribution >= 0.6 is 0 Å². The van der Waals surface area contributed by atoms with Crippen LogP contribution in [0, 0.1) is 0 Å². The highest BCUT2D eigenvalue weighted by Gasteiger charge is 2.53. The molecule has 3 heterocycles. The van der Waals surface area contributed by atoms with E-state index in [1.165, 1.54) is 11.1 Å². The second-order valence-corrected chi connectivity index (χ2v) is 9.14. The minimum atomic E-state index is -1.51. The standard InChI is InChI=1S/C25H23N3O5/c1-13-3-4-14-7-16-8-21(33-20(16)10-18(13)14)25(23(30)26-24(31)27-25)12-28-11-15-5-6-17(32-2)9-19(15)22(28)29/h5-10,13H,3-4,11-12H2,1-2H3,(H2,26,27,30,31). The minimum Gasteiger partial charge on any atom is -0.497 e. The van der Waals surface area contributed by atoms with Gasteiger partial charge in [-0.15, -0.1) is 0 Å². The van der Waals surface area contributed by atoms with E-state index in [1.807, 2.05) is 12.1 Å². The Morgan fingerprint density at radius 3 is 2.76 bits per heavy atom. The van der Waals surface area contributed by atoms with Crippen molar-refractivity contribution >= 4 is 28.8 Å². The molecule has 33 heavy (non-hydrogen) atoms. The zero-order valence-electron chi connectivity index (χ0n) is 18.4. The number of imide groups is 1. The van der Waals surface area contributed by atoms with Crippen molar-refractivity contribution in [3.05, 3.63) is 64.4 Å². The molecule has 8 heteroatoms. The lowest BCUT2D eigenvalue weighted by atomic mass is 9.95. The molecule has 1 fully saturated rings. The summed E-state index contributed by atoms with van der Waals surface area (Å²) in [6, 6.07) is 10.7. The Morgan fingerprint density at radius 2 is 2.00 bits per heavy atom. The molecule has 0 bridgehead atoms. The van der Waals surface area contributed by atoms with E-state index < -0.39 is 17.5 Å². The maximum Gasteiger partial charge on any atom is 0.322 e. The van der Waals surface area contributed by atoms with Crippen LogP contribution in [0.4, 0.5) is 4.79 Å². The van der Waals surface area contributed by atoms with Crippen molar-refractivity contribution in [2.45, 2.75) is 37.8 Å². The third kappa shape index (κ3) is 2.86. The molecular weight excluding hydrogens is 422 g/mol. The number of carbonyl (C=O) groups is 3. The second-order valence-electron chi connectivity index (χ2n) is 9.14. The van der Waals surface area contributed by atoms with E-state index in [0.717, 1.165) is 23.8 Å². The molecule has 2 aromatic carbocycles. The summed E-state index contributed by atoms with van der Waals surface area (Å²) in [6.07, 6.45) is 2.12. The SMILES string of the molecule is COc1ccc2c(c1)C(=O)N(CC1(c3cc4cc5c(cc4o3)C(C)CC5)NC(=O)NC1=O)C2. The summed E-state index contributed by atoms with van der Waals surface area (Å²) in [5, 5.41) is 5.95. The van der Waals surface area contributed by atoms with Gasteiger partial charge in [0.1, 0.15) is 17.1 Å². The number of nitrogens with zero attached hydrogens (tertiary/aromatic N) is 1. The molecule has 0 radical (unpaired) electrons. The van der Waals surface area contributed by atoms with Crippen molar-refractivity contribution in [2.24, 2.45) is 0 Å². The Kier molecular flexibility index (Phi) is 4.11. The van der Waals surface area contributed by atoms with Gasteiger partial charge in [0.25, 0.3) is 11.8 Å². The van der Waals surface area contributed by atoms with Crippen LogP contribution in [0.3, 0.4) is 0 Å². The predicted octanol–water partition coefficient (Wildman–Crippen LogP) is 3.18. The summed E-state index contributed by atoms with van der Waals surface area (Å²) >= 11 is 0. The molecular formula is C25H23N3O5. The number of benzene rings is 2. The van der Waals surface area contributed by atoms with Gasteiger partial charge < -0.3 is 19.4 Å². The van der Waals surface area contributed by atoms with Crippen molar-refractivity contribution in [3.8, 4) is 5.75 Å². The molecule has 4 amide bonds. The first-order valence-electron chi connectivity index (χ1n) is 11.0. The van der Waals surface area contributed by atoms with E-state index in [9.17, 15) is 14.4 Å². The van der Waals surface area contributed by atoms with Crippen LogP contribution in [-0.4, -0.2) is 36.4 Å². The highest BCUT2D eigenvalue weighted by atomic mass is 16.5. The van der Waals surface area contributed by atoms with Gasteiger partial charge in [0.05, 0.1) is 13.7 Å². The monoisotopic (exact) mass is 445 g/mol. The van der Waals surface area contributed by atoms with E-state index in [0.29, 0.717) is 35.1 Å². The van der Waals surface area contributed by atoms with Crippen LogP contribution in [0.15, 0.2) is 40.8 Å². The normalized spacial score (nSPS) is 23.6. The van der Waals surface area contributed by atoms with Gasteiger partial charge in [0, 0.05) is 17.5 Å². The van der Waals surface area contributed by atoms with Gasteiger partial charge in [-0.05, 0) is 65.8 Å². The fourth-order valence-electron chi connectivity index (χ4n) is 5.30. The number of methoxy groups -OCH3 is 1. The highest BCUT2D eigenvalue weighted by molar-refractivity contribution is 6.08. The molecule has 168 valence electrons. The zero-order chi connectivity index (χ0) is 22.9. The maximum atomic E-state index is 13.2. The summed E-state index contributed by atoms with van der Waals surface area (Å²) in [7, 11) is 1.55. The summed E-state index contributed by atoms with van der Waals surface area (Å²) in [4.78, 5) is 40.0. The number of amides is 4. The molecule has 3 aliphatic rings. The third-order valence-corrected chi connectivity index (χ3v) is 7.14. The third-order valence-electron chi connectivity index (χ3n) is 7.14. The first-order chi connectivity index (χ1) is 15.9. The summed E-state index contributed by atoms with van der Waals surface area (Å²) in [6.45, 7) is 2.48. The first kappa shape index (κ1) is 19.8. The molecule has 6 rings (SSSR count). The molecule has 0 saturated carbocycles. The van der Waals surface area contributed by atoms with E-state index in [4.69, 9.17) is 9.15 Å². The van der Waals surface area contributed by atoms with Gasteiger partial charge in [-0.2, -0.15) is 0 Å². The highest BCUT2D eigenvalue weighted by Crippen LogP contribution is 2.39. The van der Waals surface area contributed by atoms with Gasteiger partial charge in [-0.3, -0.25) is 14.9 Å². The summed E-state index contributed by atoms with van der Waals surface area (Å²) in [5.74, 6) is 0.609. The van der Waals surface area contributed by atoms with E-state index in [-0.39, 0.29) is 12.5 Å². The Morgan fingerprint density at radius 1 is 1.15 bits per heavy atom. The van der Waals surface area contributed by atoms with Crippen LogP contribution in [0.2, 0.25) is 0 Å². The number of hydrogen-bond acceptors (Lipinski definition) is 5. The van der Waals surface area contributed by atoms with Crippen LogP contribution in [0.5, 0.6) is 5.75 Å². The summed E-state index contributed by atoms with van der Waals surface area (Å²) in [5.41, 5.74) is 3.09. The van der Waals surface area contributed by atoms with Crippen LogP contribution in [0.25, 0.3) is 11.0 Å². The number of aryl methyl sites for hydroxylation is 1. The molecule has 1 saturated heterocycles. The topological polar surface area (TPSA) is 101 Å². The number of nitrogens with one attached hydrogen (secondary N) is 2. The van der Waals surface area contributed by atoms with Gasteiger partial charge in [0.2, 0.25) is 0 Å². The maximum absolute atomic E-state index is 13.2. The van der Waals surface area contributed by atoms with Gasteiger partial charge >= 0.3 is 6.03 Å². The molecule has 2 N–H and O–H groups in total. The molecule has 1 aliphatic carbocycles. The van der Waals surface area contributed by atoms with Crippen LogP contribution in [0.1, 0.15) is 52.1 Å². The minimum absolute atomic E-state index is 0.0453. The largest absolute Gasteiger partial charge is 0.497 e. The Hall–Kier alpha value is -3.81. The zero-order valence-corrected chi connectivity index (χ0v) is 18.4. The average Bonchev–Trinajstić information content (AvgIpc) is 3.53. The average molecular weight is 445 g/mol. The number of hydrogen-bond donors (Lipinski definition) is 2. The number of fused-ring (bicyclic) bond motifs is 3. The second kappa shape index (κ2) is 6.84. The van der Waals surface area contributed by atoms with Crippen LogP contribution in [-0.2, 0) is 23.3 Å². The fraction of sp³-hybridized carbons (Fsp3) is 0.320. The smallest absolute Gasteiger partial charge is 0.322 e. The number of urea groups is 1. The van der Waals surface area contributed by atoms with Crippen LogP contribution < -0.4 is 15.4 Å². The Labute approximate surface area is 189 Å². The van der Waals surface area contributed by atoms with Crippen molar-refractivity contribution in [3.63, 3.8) is 0 Å². The number of furan rings is 1. The Bertz CT molecular complexity index is 1360. The lowest BCUT2D eigenvalue weighted by Gasteiger charge is -2.29. The van der Waals surface area contributed by atoms with Gasteiger partial charge in [-0.25, -0.2) is 4.79 Å². The first-order valence-corrected chi connectivity index (χ1v) is 11.0. The number of carbonyl (C=O) groups excluding carboxylic acids is 3. The molecule has 2 atom stereocenters. The molecule has 1 aromatic heterocycles. The van der Waals surface area contributed by atoms with Gasteiger partial charge in [-0.1, -0.05) is 13.0 Å². The van der Waals surface area contributed by atoms with Crippen molar-refractivity contribution in [1.82, 2.24) is 15.5 Å². The quantitative estimate of drug-likeness (QED) is 0.601. The van der Waals surface area contributed by atoms with Crippen molar-refractivity contribution < 1.29 is 23.5 Å². The number of ether oxygens (including phenoxy) is 1. The van der Waals surface area contributed by atoms with E-state index in [1.54, 1.807) is 30.2 Å². The molecule has 2 aliphatic heterocycles. The van der Waals surface area contributed by atoms with E-state index >= 15 is 0 Å². The van der Waals surface area contributed by atoms with E-state index in [2.05, 4.69) is 23.6 Å². The summed E-state index contributed by atoms with van der Waals surface area (Å²) < 4.78 is 11.4. The lowest BCUT2D eigenvalue weighted by Crippen LogP contribution is -2.52. The molecule has 2 unspecified atom stereocenters.